The van der Waals surface area contributed by atoms with Crippen LogP contribution < -0.4 is 0 Å². The Balaban J connectivity index is 4.53. The molecule has 0 bridgehead atoms. The van der Waals surface area contributed by atoms with Crippen molar-refractivity contribution in [2.75, 3.05) is 34.3 Å². The first-order valence-corrected chi connectivity index (χ1v) is 23.6. The summed E-state index contributed by atoms with van der Waals surface area (Å²) in [5.74, 6) is -0.754. The van der Waals surface area contributed by atoms with E-state index in [2.05, 4.69) is 38.2 Å². The summed E-state index contributed by atoms with van der Waals surface area (Å²) in [6, 6.07) is 0. The molecule has 0 saturated carbocycles. The molecule has 1 unspecified atom stereocenters. The summed E-state index contributed by atoms with van der Waals surface area (Å²) in [6.45, 7) is 4.60. The Morgan fingerprint density at radius 3 is 1.31 bits per heavy atom. The summed E-state index contributed by atoms with van der Waals surface area (Å²) in [5.41, 5.74) is 0. The lowest BCUT2D eigenvalue weighted by atomic mass is 10.1. The van der Waals surface area contributed by atoms with Crippen molar-refractivity contribution in [1.82, 2.24) is 0 Å². The van der Waals surface area contributed by atoms with E-state index >= 15 is 0 Å². The van der Waals surface area contributed by atoms with Crippen LogP contribution >= 0.6 is 7.82 Å². The van der Waals surface area contributed by atoms with Gasteiger partial charge in [-0.2, -0.15) is 0 Å². The molecule has 10 heteroatoms. The molecule has 0 fully saturated rings. The first-order valence-electron chi connectivity index (χ1n) is 22.1. The summed E-state index contributed by atoms with van der Waals surface area (Å²) in [7, 11) is 0.871. The second-order valence-electron chi connectivity index (χ2n) is 16.4. The topological polar surface area (TPSA) is 119 Å². The minimum absolute atomic E-state index is 0.0133. The van der Waals surface area contributed by atoms with Gasteiger partial charge in [0.2, 0.25) is 0 Å². The van der Waals surface area contributed by atoms with E-state index in [-0.39, 0.29) is 38.4 Å². The number of carbonyl (C=O) groups is 2. The van der Waals surface area contributed by atoms with Crippen LogP contribution in [0.2, 0.25) is 0 Å². The molecular formula is C44H85NO8P+. The molecule has 0 radical (unpaired) electrons. The molecule has 0 saturated heterocycles. The number of phosphoric acid groups is 1. The second-order valence-corrected chi connectivity index (χ2v) is 17.6. The van der Waals surface area contributed by atoms with Gasteiger partial charge in [-0.1, -0.05) is 141 Å². The molecule has 0 aromatic carbocycles. The maximum absolute atomic E-state index is 12.8. The molecule has 2 N–H and O–H groups in total. The number of carbonyl (C=O) groups excluding carboxylic acids is 2. The van der Waals surface area contributed by atoms with Crippen molar-refractivity contribution in [2.24, 2.45) is 0 Å². The zero-order valence-corrected chi connectivity index (χ0v) is 36.5. The normalized spacial score (nSPS) is 13.5. The SMILES string of the molecule is CCCCCCCCC=CCCCCCCCC(=O)OC[C@@H](CC(C[N+](C)(C)C)OP(=O)(O)O)OC(=O)CCCCCCCC=CCCCCCCCC. The van der Waals surface area contributed by atoms with Gasteiger partial charge >= 0.3 is 19.8 Å². The lowest BCUT2D eigenvalue weighted by molar-refractivity contribution is -0.873. The number of allylic oxidation sites excluding steroid dienone is 4. The van der Waals surface area contributed by atoms with E-state index in [9.17, 15) is 23.9 Å². The Morgan fingerprint density at radius 1 is 0.556 bits per heavy atom. The van der Waals surface area contributed by atoms with Crippen molar-refractivity contribution in [3.05, 3.63) is 24.3 Å². The summed E-state index contributed by atoms with van der Waals surface area (Å²) >= 11 is 0. The van der Waals surface area contributed by atoms with Crippen LogP contribution in [0, 0.1) is 0 Å². The van der Waals surface area contributed by atoms with Crippen LogP contribution in [0.25, 0.3) is 0 Å². The predicted octanol–water partition coefficient (Wildman–Crippen LogP) is 12.1. The molecule has 0 amide bonds. The first-order chi connectivity index (χ1) is 25.9. The summed E-state index contributed by atoms with van der Waals surface area (Å²) in [5, 5.41) is 0. The minimum atomic E-state index is -4.79. The molecular weight excluding hydrogens is 701 g/mol. The van der Waals surface area contributed by atoms with Crippen LogP contribution in [-0.2, 0) is 28.2 Å². The predicted molar refractivity (Wildman–Crippen MR) is 224 cm³/mol. The highest BCUT2D eigenvalue weighted by Crippen LogP contribution is 2.39. The van der Waals surface area contributed by atoms with Gasteiger partial charge in [0.05, 0.1) is 21.1 Å². The fraction of sp³-hybridized carbons (Fsp3) is 0.864. The molecule has 0 aliphatic rings. The van der Waals surface area contributed by atoms with Crippen LogP contribution in [0.1, 0.15) is 200 Å². The Hall–Kier alpha value is -1.51. The van der Waals surface area contributed by atoms with Crippen molar-refractivity contribution in [1.29, 1.82) is 0 Å². The third-order valence-corrected chi connectivity index (χ3v) is 10.2. The van der Waals surface area contributed by atoms with E-state index in [1.165, 1.54) is 89.9 Å². The molecule has 0 heterocycles. The molecule has 318 valence electrons. The average molecular weight is 787 g/mol. The minimum Gasteiger partial charge on any atom is -0.462 e. The molecule has 0 aromatic heterocycles. The van der Waals surface area contributed by atoms with Crippen molar-refractivity contribution < 1.29 is 42.4 Å². The number of rotatable bonds is 39. The molecule has 2 atom stereocenters. The van der Waals surface area contributed by atoms with Gasteiger partial charge in [0.25, 0.3) is 0 Å². The molecule has 0 spiro atoms. The van der Waals surface area contributed by atoms with Crippen LogP contribution in [0.4, 0.5) is 0 Å². The molecule has 9 nitrogen and oxygen atoms in total. The van der Waals surface area contributed by atoms with Crippen LogP contribution in [0.15, 0.2) is 24.3 Å². The lowest BCUT2D eigenvalue weighted by Crippen LogP contribution is -2.44. The zero-order chi connectivity index (χ0) is 40.2. The summed E-state index contributed by atoms with van der Waals surface area (Å²) < 4.78 is 28.5. The highest BCUT2D eigenvalue weighted by Gasteiger charge is 2.31. The van der Waals surface area contributed by atoms with Crippen molar-refractivity contribution in [3.8, 4) is 0 Å². The van der Waals surface area contributed by atoms with Gasteiger partial charge in [-0.3, -0.25) is 14.1 Å². The Labute approximate surface area is 332 Å². The van der Waals surface area contributed by atoms with Crippen molar-refractivity contribution >= 4 is 19.8 Å². The van der Waals surface area contributed by atoms with Gasteiger partial charge < -0.3 is 23.7 Å². The number of nitrogens with zero attached hydrogens (tertiary/aromatic N) is 1. The Kier molecular flexibility index (Phi) is 34.9. The molecule has 0 aliphatic heterocycles. The van der Waals surface area contributed by atoms with Gasteiger partial charge in [-0.15, -0.1) is 0 Å². The van der Waals surface area contributed by atoms with E-state index in [1.807, 2.05) is 21.1 Å². The van der Waals surface area contributed by atoms with E-state index in [0.29, 0.717) is 10.9 Å². The van der Waals surface area contributed by atoms with E-state index in [0.717, 1.165) is 70.6 Å². The fourth-order valence-electron chi connectivity index (χ4n) is 6.58. The van der Waals surface area contributed by atoms with Crippen molar-refractivity contribution in [2.45, 2.75) is 212 Å². The number of likely N-dealkylation sites (N-methyl/N-ethyl adjacent to an activating group) is 1. The first kappa shape index (κ1) is 52.5. The molecule has 54 heavy (non-hydrogen) atoms. The molecule has 0 rings (SSSR count). The fourth-order valence-corrected chi connectivity index (χ4v) is 7.12. The smallest absolute Gasteiger partial charge is 0.462 e. The van der Waals surface area contributed by atoms with Gasteiger partial charge in [0.15, 0.2) is 0 Å². The Morgan fingerprint density at radius 2 is 0.926 bits per heavy atom. The highest BCUT2D eigenvalue weighted by molar-refractivity contribution is 7.46. The Bertz CT molecular complexity index is 990. The highest BCUT2D eigenvalue weighted by atomic mass is 31.2. The maximum atomic E-state index is 12.8. The van der Waals surface area contributed by atoms with Gasteiger partial charge in [0, 0.05) is 19.3 Å². The zero-order valence-electron chi connectivity index (χ0n) is 35.6. The monoisotopic (exact) mass is 787 g/mol. The van der Waals surface area contributed by atoms with Crippen LogP contribution in [-0.4, -0.2) is 72.7 Å². The number of hydrogen-bond donors (Lipinski definition) is 2. The maximum Gasteiger partial charge on any atom is 0.470 e. The average Bonchev–Trinajstić information content (AvgIpc) is 3.09. The van der Waals surface area contributed by atoms with Gasteiger partial charge in [0.1, 0.15) is 25.4 Å². The molecule has 0 aromatic rings. The quantitative estimate of drug-likeness (QED) is 0.0208. The third-order valence-electron chi connectivity index (χ3n) is 9.58. The number of unbranched alkanes of at least 4 members (excludes halogenated alkanes) is 22. The second kappa shape index (κ2) is 35.9. The lowest BCUT2D eigenvalue weighted by Gasteiger charge is -2.31. The molecule has 0 aliphatic carbocycles. The van der Waals surface area contributed by atoms with E-state index in [4.69, 9.17) is 14.0 Å². The van der Waals surface area contributed by atoms with Crippen molar-refractivity contribution in [3.63, 3.8) is 0 Å². The summed E-state index contributed by atoms with van der Waals surface area (Å²) in [6.07, 6.45) is 38.6. The number of ether oxygens (including phenoxy) is 2. The van der Waals surface area contributed by atoms with Gasteiger partial charge in [-0.25, -0.2) is 4.57 Å². The number of esters is 2. The largest absolute Gasteiger partial charge is 0.470 e. The van der Waals surface area contributed by atoms with E-state index < -0.39 is 26.0 Å². The van der Waals surface area contributed by atoms with Crippen LogP contribution in [0.3, 0.4) is 0 Å². The summed E-state index contributed by atoms with van der Waals surface area (Å²) in [4.78, 5) is 44.5. The van der Waals surface area contributed by atoms with Gasteiger partial charge in [-0.05, 0) is 64.2 Å². The number of phosphoric ester groups is 1. The number of quaternary nitrogens is 1. The third kappa shape index (κ3) is 40.2. The standard InChI is InChI=1S/C44H84NO8P/c1-6-8-10-12-14-16-18-20-22-24-26-28-30-32-34-36-43(46)51-40-42(38-41(39-45(3,4)5)53-54(48,49)50)52-44(47)37-35-33-31-29-27-25-23-21-19-17-15-13-11-9-7-2/h20-23,41-42H,6-19,24-40H2,1-5H3,(H-,48,49,50)/p+1/t41?,42-/m1/s1. The number of hydrogen-bond acceptors (Lipinski definition) is 6. The van der Waals surface area contributed by atoms with E-state index in [1.54, 1.807) is 0 Å². The van der Waals surface area contributed by atoms with Crippen LogP contribution in [0.5, 0.6) is 0 Å².